The van der Waals surface area contributed by atoms with Gasteiger partial charge in [-0.3, -0.25) is 4.79 Å². The predicted octanol–water partition coefficient (Wildman–Crippen LogP) is 4.33. The Bertz CT molecular complexity index is 410. The van der Waals surface area contributed by atoms with Crippen LogP contribution in [0.3, 0.4) is 0 Å². The lowest BCUT2D eigenvalue weighted by molar-refractivity contribution is -0.156. The summed E-state index contributed by atoms with van der Waals surface area (Å²) in [5, 5.41) is 0. The normalized spacial score (nSPS) is 13.4. The molecule has 1 atom stereocenters. The largest absolute Gasteiger partial charge is 0.460 e. The van der Waals surface area contributed by atoms with Crippen LogP contribution in [0, 0.1) is 5.92 Å². The van der Waals surface area contributed by atoms with Gasteiger partial charge < -0.3 is 4.74 Å². The Kier molecular flexibility index (Phi) is 5.16. The van der Waals surface area contributed by atoms with Crippen LogP contribution in [-0.4, -0.2) is 11.6 Å². The Hall–Kier alpha value is -1.31. The van der Waals surface area contributed by atoms with Gasteiger partial charge in [-0.25, -0.2) is 0 Å². The average Bonchev–Trinajstić information content (AvgIpc) is 2.26. The van der Waals surface area contributed by atoms with Gasteiger partial charge in [-0.05, 0) is 51.2 Å². The maximum atomic E-state index is 12.0. The second-order valence-electron chi connectivity index (χ2n) is 6.59. The van der Waals surface area contributed by atoms with Gasteiger partial charge >= 0.3 is 5.97 Å². The van der Waals surface area contributed by atoms with Crippen molar-refractivity contribution in [3.05, 3.63) is 35.4 Å². The molecule has 0 aliphatic rings. The number of benzene rings is 1. The van der Waals surface area contributed by atoms with Gasteiger partial charge in [0.25, 0.3) is 0 Å². The molecule has 19 heavy (non-hydrogen) atoms. The van der Waals surface area contributed by atoms with Gasteiger partial charge in [0.15, 0.2) is 0 Å². The minimum atomic E-state index is -0.428. The summed E-state index contributed by atoms with van der Waals surface area (Å²) in [6.07, 6.45) is 1.07. The van der Waals surface area contributed by atoms with Gasteiger partial charge in [0.1, 0.15) is 5.60 Å². The zero-order chi connectivity index (χ0) is 14.6. The van der Waals surface area contributed by atoms with E-state index in [0.29, 0.717) is 5.92 Å². The summed E-state index contributed by atoms with van der Waals surface area (Å²) in [4.78, 5) is 12.0. The summed E-state index contributed by atoms with van der Waals surface area (Å²) < 4.78 is 5.41. The molecule has 1 aromatic rings. The molecule has 0 amide bonds. The Morgan fingerprint density at radius 1 is 1.11 bits per heavy atom. The highest BCUT2D eigenvalue weighted by atomic mass is 16.6. The molecule has 0 aliphatic heterocycles. The molecule has 106 valence electrons. The third-order valence-corrected chi connectivity index (χ3v) is 2.88. The van der Waals surface area contributed by atoms with Crippen LogP contribution in [-0.2, 0) is 16.0 Å². The van der Waals surface area contributed by atoms with E-state index in [1.54, 1.807) is 0 Å². The van der Waals surface area contributed by atoms with Crippen LogP contribution in [0.25, 0.3) is 0 Å². The number of carbonyl (C=O) groups is 1. The van der Waals surface area contributed by atoms with Crippen molar-refractivity contribution in [3.63, 3.8) is 0 Å². The minimum Gasteiger partial charge on any atom is -0.460 e. The fourth-order valence-electron chi connectivity index (χ4n) is 1.94. The molecule has 0 unspecified atom stereocenters. The predicted molar refractivity (Wildman–Crippen MR) is 79.2 cm³/mol. The van der Waals surface area contributed by atoms with Crippen molar-refractivity contribution in [2.75, 3.05) is 0 Å². The molecule has 0 heterocycles. The summed E-state index contributed by atoms with van der Waals surface area (Å²) in [5.74, 6) is 0.269. The number of hydrogen-bond acceptors (Lipinski definition) is 2. The van der Waals surface area contributed by atoms with Gasteiger partial charge in [0.05, 0.1) is 5.92 Å². The molecular formula is C17H26O2. The highest BCUT2D eigenvalue weighted by Crippen LogP contribution is 2.21. The van der Waals surface area contributed by atoms with Gasteiger partial charge in [0.2, 0.25) is 0 Å². The first-order chi connectivity index (χ1) is 8.69. The topological polar surface area (TPSA) is 26.3 Å². The van der Waals surface area contributed by atoms with E-state index in [0.717, 1.165) is 12.0 Å². The van der Waals surface area contributed by atoms with Crippen molar-refractivity contribution < 1.29 is 9.53 Å². The van der Waals surface area contributed by atoms with E-state index >= 15 is 0 Å². The summed E-state index contributed by atoms with van der Waals surface area (Å²) in [5.41, 5.74) is 1.90. The lowest BCUT2D eigenvalue weighted by Crippen LogP contribution is -2.26. The highest BCUT2D eigenvalue weighted by molar-refractivity contribution is 5.78. The first-order valence-corrected chi connectivity index (χ1v) is 7.00. The van der Waals surface area contributed by atoms with E-state index in [1.807, 2.05) is 39.8 Å². The van der Waals surface area contributed by atoms with Crippen LogP contribution >= 0.6 is 0 Å². The highest BCUT2D eigenvalue weighted by Gasteiger charge is 2.22. The zero-order valence-electron chi connectivity index (χ0n) is 13.0. The summed E-state index contributed by atoms with van der Waals surface area (Å²) >= 11 is 0. The SMILES string of the molecule is CC(C)Cc1ccc([C@H](C)C(=O)OC(C)(C)C)cc1. The van der Waals surface area contributed by atoms with Crippen LogP contribution in [0.4, 0.5) is 0 Å². The number of esters is 1. The Morgan fingerprint density at radius 3 is 2.05 bits per heavy atom. The standard InChI is InChI=1S/C17H26O2/c1-12(2)11-14-7-9-15(10-8-14)13(3)16(18)19-17(4,5)6/h7-10,12-13H,11H2,1-6H3/t13-/m0/s1. The second-order valence-corrected chi connectivity index (χ2v) is 6.59. The average molecular weight is 262 g/mol. The van der Waals surface area contributed by atoms with Crippen molar-refractivity contribution >= 4 is 5.97 Å². The molecule has 1 rings (SSSR count). The van der Waals surface area contributed by atoms with E-state index in [-0.39, 0.29) is 11.9 Å². The number of rotatable bonds is 4. The third kappa shape index (κ3) is 5.46. The van der Waals surface area contributed by atoms with Crippen LogP contribution in [0.5, 0.6) is 0 Å². The van der Waals surface area contributed by atoms with Gasteiger partial charge in [-0.1, -0.05) is 38.1 Å². The first kappa shape index (κ1) is 15.7. The van der Waals surface area contributed by atoms with Crippen LogP contribution < -0.4 is 0 Å². The Labute approximate surface area is 117 Å². The van der Waals surface area contributed by atoms with Gasteiger partial charge in [0, 0.05) is 0 Å². The van der Waals surface area contributed by atoms with Gasteiger partial charge in [-0.2, -0.15) is 0 Å². The maximum absolute atomic E-state index is 12.0. The third-order valence-electron chi connectivity index (χ3n) is 2.88. The fourth-order valence-corrected chi connectivity index (χ4v) is 1.94. The van der Waals surface area contributed by atoms with Crippen molar-refractivity contribution in [2.45, 2.75) is 59.5 Å². The number of ether oxygens (including phenoxy) is 1. The molecule has 0 fully saturated rings. The lowest BCUT2D eigenvalue weighted by Gasteiger charge is -2.22. The quantitative estimate of drug-likeness (QED) is 0.755. The monoisotopic (exact) mass is 262 g/mol. The maximum Gasteiger partial charge on any atom is 0.313 e. The number of hydrogen-bond donors (Lipinski definition) is 0. The molecule has 0 N–H and O–H groups in total. The number of carbonyl (C=O) groups excluding carboxylic acids is 1. The molecule has 1 aromatic carbocycles. The van der Waals surface area contributed by atoms with E-state index < -0.39 is 5.60 Å². The molecule has 0 saturated heterocycles. The van der Waals surface area contributed by atoms with E-state index in [9.17, 15) is 4.79 Å². The molecule has 0 aromatic heterocycles. The molecule has 0 spiro atoms. The van der Waals surface area contributed by atoms with Gasteiger partial charge in [-0.15, -0.1) is 0 Å². The molecule has 2 heteroatoms. The first-order valence-electron chi connectivity index (χ1n) is 7.00. The van der Waals surface area contributed by atoms with E-state index in [1.165, 1.54) is 5.56 Å². The summed E-state index contributed by atoms with van der Waals surface area (Å²) in [6, 6.07) is 8.28. The van der Waals surface area contributed by atoms with Crippen LogP contribution in [0.2, 0.25) is 0 Å². The smallest absolute Gasteiger partial charge is 0.313 e. The summed E-state index contributed by atoms with van der Waals surface area (Å²) in [6.45, 7) is 12.0. The molecule has 0 radical (unpaired) electrons. The molecule has 0 saturated carbocycles. The van der Waals surface area contributed by atoms with Crippen molar-refractivity contribution in [1.29, 1.82) is 0 Å². The molecule has 0 bridgehead atoms. The van der Waals surface area contributed by atoms with Crippen LogP contribution in [0.1, 0.15) is 58.6 Å². The second kappa shape index (κ2) is 6.23. The minimum absolute atomic E-state index is 0.163. The molecule has 2 nitrogen and oxygen atoms in total. The fraction of sp³-hybridized carbons (Fsp3) is 0.588. The lowest BCUT2D eigenvalue weighted by atomic mass is 9.96. The summed E-state index contributed by atoms with van der Waals surface area (Å²) in [7, 11) is 0. The zero-order valence-corrected chi connectivity index (χ0v) is 13.0. The van der Waals surface area contributed by atoms with E-state index in [4.69, 9.17) is 4.74 Å². The van der Waals surface area contributed by atoms with Crippen molar-refractivity contribution in [1.82, 2.24) is 0 Å². The Balaban J connectivity index is 2.72. The molecular weight excluding hydrogens is 236 g/mol. The van der Waals surface area contributed by atoms with Crippen LogP contribution in [0.15, 0.2) is 24.3 Å². The van der Waals surface area contributed by atoms with Crippen molar-refractivity contribution in [3.8, 4) is 0 Å². The molecule has 0 aliphatic carbocycles. The van der Waals surface area contributed by atoms with Crippen molar-refractivity contribution in [2.24, 2.45) is 5.92 Å². The Morgan fingerprint density at radius 2 is 1.63 bits per heavy atom. The van der Waals surface area contributed by atoms with E-state index in [2.05, 4.69) is 26.0 Å².